The van der Waals surface area contributed by atoms with Gasteiger partial charge < -0.3 is 14.2 Å². The lowest BCUT2D eigenvalue weighted by molar-refractivity contribution is 0.0536. The highest BCUT2D eigenvalue weighted by atomic mass is 16.3. The van der Waals surface area contributed by atoms with Crippen LogP contribution < -0.4 is 0 Å². The topological polar surface area (TPSA) is 84.5 Å². The molecule has 0 bridgehead atoms. The van der Waals surface area contributed by atoms with E-state index in [4.69, 9.17) is 4.42 Å². The third-order valence-corrected chi connectivity index (χ3v) is 4.95. The van der Waals surface area contributed by atoms with Crippen LogP contribution in [0.25, 0.3) is 11.0 Å². The molecule has 0 saturated carbocycles. The lowest BCUT2D eigenvalue weighted by Crippen LogP contribution is -2.50. The van der Waals surface area contributed by atoms with Crippen LogP contribution in [-0.4, -0.2) is 62.6 Å². The Kier molecular flexibility index (Phi) is 4.18. The average Bonchev–Trinajstić information content (AvgIpc) is 3.29. The molecule has 3 aromatic heterocycles. The van der Waals surface area contributed by atoms with E-state index in [-0.39, 0.29) is 11.8 Å². The second kappa shape index (κ2) is 6.53. The van der Waals surface area contributed by atoms with Gasteiger partial charge in [-0.2, -0.15) is 5.10 Å². The largest absolute Gasteiger partial charge is 0.472 e. The van der Waals surface area contributed by atoms with E-state index >= 15 is 0 Å². The van der Waals surface area contributed by atoms with Gasteiger partial charge in [0.25, 0.3) is 11.8 Å². The average molecular weight is 367 g/mol. The van der Waals surface area contributed by atoms with Gasteiger partial charge in [0.2, 0.25) is 0 Å². The van der Waals surface area contributed by atoms with Crippen LogP contribution in [-0.2, 0) is 7.05 Å². The number of piperazine rings is 1. The summed E-state index contributed by atoms with van der Waals surface area (Å²) in [6, 6.07) is 3.48. The minimum atomic E-state index is -0.0684. The van der Waals surface area contributed by atoms with Crippen molar-refractivity contribution >= 4 is 22.8 Å². The maximum absolute atomic E-state index is 13.2. The zero-order valence-corrected chi connectivity index (χ0v) is 15.6. The van der Waals surface area contributed by atoms with Crippen molar-refractivity contribution in [2.45, 2.75) is 13.8 Å². The first kappa shape index (κ1) is 17.3. The number of aromatic nitrogens is 3. The van der Waals surface area contributed by atoms with Crippen molar-refractivity contribution in [2.24, 2.45) is 7.05 Å². The Morgan fingerprint density at radius 3 is 2.37 bits per heavy atom. The van der Waals surface area contributed by atoms with Crippen LogP contribution in [0.2, 0.25) is 0 Å². The van der Waals surface area contributed by atoms with E-state index in [0.29, 0.717) is 43.0 Å². The molecule has 1 saturated heterocycles. The molecule has 1 aliphatic rings. The van der Waals surface area contributed by atoms with Gasteiger partial charge in [0.05, 0.1) is 28.5 Å². The highest BCUT2D eigenvalue weighted by molar-refractivity contribution is 6.06. The van der Waals surface area contributed by atoms with Crippen molar-refractivity contribution in [1.29, 1.82) is 0 Å². The van der Waals surface area contributed by atoms with Crippen LogP contribution in [0.3, 0.4) is 0 Å². The molecular weight excluding hydrogens is 346 g/mol. The maximum Gasteiger partial charge on any atom is 0.257 e. The third kappa shape index (κ3) is 2.97. The highest BCUT2D eigenvalue weighted by Gasteiger charge is 2.28. The standard InChI is InChI=1S/C19H21N5O3/c1-12-10-15(16-13(2)21-22(3)17(16)20-12)19(26)24-7-5-23(6-8-24)18(25)14-4-9-27-11-14/h4,9-11H,5-8H2,1-3H3. The van der Waals surface area contributed by atoms with Crippen LogP contribution in [0, 0.1) is 13.8 Å². The van der Waals surface area contributed by atoms with Crippen molar-refractivity contribution in [3.05, 3.63) is 47.2 Å². The molecule has 0 radical (unpaired) electrons. The van der Waals surface area contributed by atoms with Crippen LogP contribution in [0.4, 0.5) is 0 Å². The van der Waals surface area contributed by atoms with Crippen LogP contribution >= 0.6 is 0 Å². The van der Waals surface area contributed by atoms with Gasteiger partial charge in [-0.05, 0) is 26.0 Å². The minimum absolute atomic E-state index is 0.0444. The highest BCUT2D eigenvalue weighted by Crippen LogP contribution is 2.23. The number of carbonyl (C=O) groups is 2. The van der Waals surface area contributed by atoms with Crippen molar-refractivity contribution in [3.63, 3.8) is 0 Å². The summed E-state index contributed by atoms with van der Waals surface area (Å²) in [6.07, 6.45) is 2.93. The Labute approximate surface area is 156 Å². The summed E-state index contributed by atoms with van der Waals surface area (Å²) in [6.45, 7) is 5.73. The van der Waals surface area contributed by atoms with E-state index in [2.05, 4.69) is 10.1 Å². The van der Waals surface area contributed by atoms with Crippen molar-refractivity contribution < 1.29 is 14.0 Å². The zero-order chi connectivity index (χ0) is 19.1. The lowest BCUT2D eigenvalue weighted by Gasteiger charge is -2.34. The fourth-order valence-electron chi connectivity index (χ4n) is 3.59. The number of amides is 2. The molecule has 3 aromatic rings. The normalized spacial score (nSPS) is 14.8. The molecule has 8 nitrogen and oxygen atoms in total. The van der Waals surface area contributed by atoms with E-state index in [1.54, 1.807) is 20.5 Å². The first-order valence-corrected chi connectivity index (χ1v) is 8.87. The maximum atomic E-state index is 13.2. The molecule has 8 heteroatoms. The molecule has 0 unspecified atom stereocenters. The fraction of sp³-hybridized carbons (Fsp3) is 0.368. The van der Waals surface area contributed by atoms with E-state index in [9.17, 15) is 9.59 Å². The number of carbonyl (C=O) groups excluding carboxylic acids is 2. The summed E-state index contributed by atoms with van der Waals surface area (Å²) >= 11 is 0. The monoisotopic (exact) mass is 367 g/mol. The Balaban J connectivity index is 1.55. The smallest absolute Gasteiger partial charge is 0.257 e. The van der Waals surface area contributed by atoms with Gasteiger partial charge in [-0.3, -0.25) is 14.3 Å². The Morgan fingerprint density at radius 1 is 1.07 bits per heavy atom. The number of furan rings is 1. The number of aryl methyl sites for hydroxylation is 3. The SMILES string of the molecule is Cc1cc(C(=O)N2CCN(C(=O)c3ccoc3)CC2)c2c(C)nn(C)c2n1. The number of fused-ring (bicyclic) bond motifs is 1. The van der Waals surface area contributed by atoms with Gasteiger partial charge in [0.1, 0.15) is 6.26 Å². The predicted octanol–water partition coefficient (Wildman–Crippen LogP) is 1.78. The van der Waals surface area contributed by atoms with Gasteiger partial charge in [-0.25, -0.2) is 4.98 Å². The third-order valence-electron chi connectivity index (χ3n) is 4.95. The zero-order valence-electron chi connectivity index (χ0n) is 15.6. The summed E-state index contributed by atoms with van der Waals surface area (Å²) in [5.74, 6) is -0.113. The number of rotatable bonds is 2. The van der Waals surface area contributed by atoms with Crippen LogP contribution in [0.1, 0.15) is 32.1 Å². The molecule has 0 N–H and O–H groups in total. The predicted molar refractivity (Wildman–Crippen MR) is 98.5 cm³/mol. The van der Waals surface area contributed by atoms with Crippen molar-refractivity contribution in [2.75, 3.05) is 26.2 Å². The van der Waals surface area contributed by atoms with E-state index in [0.717, 1.165) is 16.8 Å². The summed E-state index contributed by atoms with van der Waals surface area (Å²) in [5, 5.41) is 5.20. The second-order valence-corrected chi connectivity index (χ2v) is 6.82. The van der Waals surface area contributed by atoms with Crippen LogP contribution in [0.15, 0.2) is 29.1 Å². The Hall–Kier alpha value is -3.16. The van der Waals surface area contributed by atoms with Gasteiger partial charge in [0, 0.05) is 38.9 Å². The Bertz CT molecular complexity index is 1010. The molecule has 0 atom stereocenters. The molecular formula is C19H21N5O3. The molecule has 1 fully saturated rings. The summed E-state index contributed by atoms with van der Waals surface area (Å²) in [4.78, 5) is 33.6. The van der Waals surface area contributed by atoms with Crippen LogP contribution in [0.5, 0.6) is 0 Å². The first-order chi connectivity index (χ1) is 13.0. The quantitative estimate of drug-likeness (QED) is 0.689. The van der Waals surface area contributed by atoms with E-state index < -0.39 is 0 Å². The first-order valence-electron chi connectivity index (χ1n) is 8.87. The Morgan fingerprint density at radius 2 is 1.74 bits per heavy atom. The molecule has 4 rings (SSSR count). The second-order valence-electron chi connectivity index (χ2n) is 6.82. The number of nitrogens with zero attached hydrogens (tertiary/aromatic N) is 5. The molecule has 27 heavy (non-hydrogen) atoms. The van der Waals surface area contributed by atoms with Gasteiger partial charge in [0.15, 0.2) is 5.65 Å². The van der Waals surface area contributed by atoms with Crippen molar-refractivity contribution in [1.82, 2.24) is 24.6 Å². The summed E-state index contributed by atoms with van der Waals surface area (Å²) < 4.78 is 6.69. The van der Waals surface area contributed by atoms with E-state index in [1.807, 2.05) is 27.0 Å². The number of pyridine rings is 1. The minimum Gasteiger partial charge on any atom is -0.472 e. The molecule has 4 heterocycles. The molecule has 0 spiro atoms. The molecule has 0 aliphatic carbocycles. The summed E-state index contributed by atoms with van der Waals surface area (Å²) in [5.41, 5.74) is 3.44. The van der Waals surface area contributed by atoms with Gasteiger partial charge in [-0.15, -0.1) is 0 Å². The number of hydrogen-bond acceptors (Lipinski definition) is 5. The summed E-state index contributed by atoms with van der Waals surface area (Å²) in [7, 11) is 1.83. The number of hydrogen-bond donors (Lipinski definition) is 0. The molecule has 0 aromatic carbocycles. The van der Waals surface area contributed by atoms with Gasteiger partial charge in [-0.1, -0.05) is 0 Å². The fourth-order valence-corrected chi connectivity index (χ4v) is 3.59. The molecule has 140 valence electrons. The van der Waals surface area contributed by atoms with Crippen molar-refractivity contribution in [3.8, 4) is 0 Å². The van der Waals surface area contributed by atoms with E-state index in [1.165, 1.54) is 12.5 Å². The lowest BCUT2D eigenvalue weighted by atomic mass is 10.1. The molecule has 2 amide bonds. The molecule has 1 aliphatic heterocycles. The van der Waals surface area contributed by atoms with Gasteiger partial charge >= 0.3 is 0 Å².